The molecule has 0 fully saturated rings. The first-order valence-electron chi connectivity index (χ1n) is 8.39. The molecule has 0 unspecified atom stereocenters. The van der Waals surface area contributed by atoms with Gasteiger partial charge in [-0.3, -0.25) is 9.36 Å². The number of nitrogens with zero attached hydrogens (tertiary/aromatic N) is 2. The first-order valence-corrected chi connectivity index (χ1v) is 9.27. The second-order valence-corrected chi connectivity index (χ2v) is 6.89. The fourth-order valence-corrected chi connectivity index (χ4v) is 3.96. The highest BCUT2D eigenvalue weighted by molar-refractivity contribution is 7.17. The number of benzene rings is 2. The minimum atomic E-state index is 0.0539. The van der Waals surface area contributed by atoms with Crippen molar-refractivity contribution in [2.24, 2.45) is 0 Å². The molecule has 0 amide bonds. The smallest absolute Gasteiger partial charge is 0.262 e. The van der Waals surface area contributed by atoms with E-state index in [1.54, 1.807) is 10.9 Å². The van der Waals surface area contributed by atoms with E-state index in [4.69, 9.17) is 0 Å². The summed E-state index contributed by atoms with van der Waals surface area (Å²) in [4.78, 5) is 18.3. The van der Waals surface area contributed by atoms with Crippen LogP contribution >= 0.6 is 11.3 Å². The summed E-state index contributed by atoms with van der Waals surface area (Å²) in [5.41, 5.74) is 3.40. The van der Waals surface area contributed by atoms with Gasteiger partial charge in [-0.05, 0) is 24.0 Å². The van der Waals surface area contributed by atoms with E-state index in [-0.39, 0.29) is 5.56 Å². The molecular weight excluding hydrogens is 328 g/mol. The van der Waals surface area contributed by atoms with Crippen molar-refractivity contribution in [2.45, 2.75) is 19.4 Å². The summed E-state index contributed by atoms with van der Waals surface area (Å²) in [6, 6.07) is 20.4. The standard InChI is InChI=1S/C21H18N2OS/c24-21-19-18(17-11-5-2-6-12-17)14-25-20(19)22-15-23(21)13-7-10-16-8-3-1-4-9-16/h1-6,8-9,11-12,14-15H,7,10,13H2. The molecule has 2 aromatic heterocycles. The molecule has 0 saturated heterocycles. The number of hydrogen-bond donors (Lipinski definition) is 0. The summed E-state index contributed by atoms with van der Waals surface area (Å²) in [7, 11) is 0. The van der Waals surface area contributed by atoms with Crippen LogP contribution in [0, 0.1) is 0 Å². The molecule has 4 rings (SSSR count). The topological polar surface area (TPSA) is 34.9 Å². The molecule has 0 aliphatic rings. The zero-order valence-corrected chi connectivity index (χ0v) is 14.6. The van der Waals surface area contributed by atoms with Gasteiger partial charge in [-0.2, -0.15) is 0 Å². The van der Waals surface area contributed by atoms with Gasteiger partial charge in [0.1, 0.15) is 4.83 Å². The predicted molar refractivity (Wildman–Crippen MR) is 104 cm³/mol. The lowest BCUT2D eigenvalue weighted by molar-refractivity contribution is 0.618. The van der Waals surface area contributed by atoms with Crippen molar-refractivity contribution in [2.75, 3.05) is 0 Å². The van der Waals surface area contributed by atoms with Crippen molar-refractivity contribution < 1.29 is 0 Å². The summed E-state index contributed by atoms with van der Waals surface area (Å²) in [5.74, 6) is 0. The van der Waals surface area contributed by atoms with E-state index in [1.807, 2.05) is 53.9 Å². The van der Waals surface area contributed by atoms with Crippen LogP contribution in [0.15, 0.2) is 77.2 Å². The summed E-state index contributed by atoms with van der Waals surface area (Å²) in [6.45, 7) is 0.681. The van der Waals surface area contributed by atoms with Crippen molar-refractivity contribution >= 4 is 21.6 Å². The average molecular weight is 346 g/mol. The molecule has 0 radical (unpaired) electrons. The molecule has 2 heterocycles. The zero-order valence-electron chi connectivity index (χ0n) is 13.8. The molecule has 124 valence electrons. The van der Waals surface area contributed by atoms with E-state index in [0.717, 1.165) is 34.2 Å². The van der Waals surface area contributed by atoms with Crippen molar-refractivity contribution in [3.05, 3.63) is 88.3 Å². The molecule has 2 aromatic carbocycles. The summed E-state index contributed by atoms with van der Waals surface area (Å²) in [5, 5.41) is 2.77. The summed E-state index contributed by atoms with van der Waals surface area (Å²) >= 11 is 1.53. The molecule has 0 N–H and O–H groups in total. The fraction of sp³-hybridized carbons (Fsp3) is 0.143. The monoisotopic (exact) mass is 346 g/mol. The quantitative estimate of drug-likeness (QED) is 0.522. The van der Waals surface area contributed by atoms with Gasteiger partial charge in [-0.1, -0.05) is 60.7 Å². The minimum absolute atomic E-state index is 0.0539. The maximum absolute atomic E-state index is 13.0. The Morgan fingerprint density at radius 1 is 0.960 bits per heavy atom. The summed E-state index contributed by atoms with van der Waals surface area (Å²) < 4.78 is 1.74. The molecule has 0 aliphatic carbocycles. The van der Waals surface area contributed by atoms with Crippen LogP contribution < -0.4 is 5.56 Å². The van der Waals surface area contributed by atoms with Crippen molar-refractivity contribution in [1.29, 1.82) is 0 Å². The van der Waals surface area contributed by atoms with Crippen LogP contribution in [0.3, 0.4) is 0 Å². The van der Waals surface area contributed by atoms with E-state index >= 15 is 0 Å². The van der Waals surface area contributed by atoms with Crippen molar-refractivity contribution in [3.63, 3.8) is 0 Å². The average Bonchev–Trinajstić information content (AvgIpc) is 3.10. The number of aryl methyl sites for hydroxylation is 2. The summed E-state index contributed by atoms with van der Waals surface area (Å²) in [6.07, 6.45) is 3.56. The lowest BCUT2D eigenvalue weighted by atomic mass is 10.1. The van der Waals surface area contributed by atoms with Crippen molar-refractivity contribution in [1.82, 2.24) is 9.55 Å². The third-order valence-corrected chi connectivity index (χ3v) is 5.24. The van der Waals surface area contributed by atoms with Crippen LogP contribution in [0.25, 0.3) is 21.3 Å². The number of fused-ring (bicyclic) bond motifs is 1. The Morgan fingerprint density at radius 3 is 2.44 bits per heavy atom. The molecular formula is C21H18N2OS. The fourth-order valence-electron chi connectivity index (χ4n) is 3.06. The largest absolute Gasteiger partial charge is 0.299 e. The Labute approximate surface area is 150 Å². The van der Waals surface area contributed by atoms with Crippen LogP contribution in [0.5, 0.6) is 0 Å². The second kappa shape index (κ2) is 7.03. The van der Waals surface area contributed by atoms with Gasteiger partial charge in [0.25, 0.3) is 5.56 Å². The third-order valence-electron chi connectivity index (χ3n) is 4.35. The first kappa shape index (κ1) is 15.8. The van der Waals surface area contributed by atoms with E-state index in [9.17, 15) is 4.79 Å². The predicted octanol–water partition coefficient (Wildman–Crippen LogP) is 4.76. The lowest BCUT2D eigenvalue weighted by Crippen LogP contribution is -2.20. The van der Waals surface area contributed by atoms with Gasteiger partial charge in [-0.15, -0.1) is 11.3 Å². The Balaban J connectivity index is 1.62. The maximum Gasteiger partial charge on any atom is 0.262 e. The van der Waals surface area contributed by atoms with Gasteiger partial charge >= 0.3 is 0 Å². The molecule has 0 aliphatic heterocycles. The second-order valence-electron chi connectivity index (χ2n) is 6.03. The highest BCUT2D eigenvalue weighted by Gasteiger charge is 2.12. The number of thiophene rings is 1. The molecule has 0 atom stereocenters. The van der Waals surface area contributed by atoms with E-state index in [1.165, 1.54) is 16.9 Å². The maximum atomic E-state index is 13.0. The minimum Gasteiger partial charge on any atom is -0.299 e. The molecule has 4 heteroatoms. The zero-order chi connectivity index (χ0) is 17.1. The lowest BCUT2D eigenvalue weighted by Gasteiger charge is -2.06. The van der Waals surface area contributed by atoms with Crippen LogP contribution in [-0.2, 0) is 13.0 Å². The number of aromatic nitrogens is 2. The van der Waals surface area contributed by atoms with Gasteiger partial charge in [-0.25, -0.2) is 4.98 Å². The Hall–Kier alpha value is -2.72. The molecule has 4 aromatic rings. The molecule has 0 bridgehead atoms. The highest BCUT2D eigenvalue weighted by atomic mass is 32.1. The van der Waals surface area contributed by atoms with Crippen LogP contribution in [0.4, 0.5) is 0 Å². The third kappa shape index (κ3) is 3.26. The van der Waals surface area contributed by atoms with Gasteiger partial charge in [0.2, 0.25) is 0 Å². The van der Waals surface area contributed by atoms with Crippen LogP contribution in [-0.4, -0.2) is 9.55 Å². The Morgan fingerprint density at radius 2 is 1.68 bits per heavy atom. The molecule has 3 nitrogen and oxygen atoms in total. The van der Waals surface area contributed by atoms with Gasteiger partial charge in [0.15, 0.2) is 0 Å². The molecule has 0 spiro atoms. The van der Waals surface area contributed by atoms with E-state index in [2.05, 4.69) is 17.1 Å². The van der Waals surface area contributed by atoms with E-state index in [0.29, 0.717) is 6.54 Å². The highest BCUT2D eigenvalue weighted by Crippen LogP contribution is 2.30. The van der Waals surface area contributed by atoms with Crippen molar-refractivity contribution in [3.8, 4) is 11.1 Å². The number of rotatable bonds is 5. The van der Waals surface area contributed by atoms with Crippen LogP contribution in [0.2, 0.25) is 0 Å². The Bertz CT molecular complexity index is 1040. The van der Waals surface area contributed by atoms with Crippen LogP contribution in [0.1, 0.15) is 12.0 Å². The van der Waals surface area contributed by atoms with Gasteiger partial charge in [0, 0.05) is 17.5 Å². The SMILES string of the molecule is O=c1c2c(-c3ccccc3)csc2ncn1CCCc1ccccc1. The normalized spacial score (nSPS) is 11.0. The first-order chi connectivity index (χ1) is 12.3. The number of hydrogen-bond acceptors (Lipinski definition) is 3. The molecule has 25 heavy (non-hydrogen) atoms. The Kier molecular flexibility index (Phi) is 4.44. The van der Waals surface area contributed by atoms with E-state index < -0.39 is 0 Å². The molecule has 0 saturated carbocycles. The van der Waals surface area contributed by atoms with Gasteiger partial charge in [0.05, 0.1) is 11.7 Å². The van der Waals surface area contributed by atoms with Gasteiger partial charge < -0.3 is 0 Å².